The van der Waals surface area contributed by atoms with Crippen molar-refractivity contribution in [3.8, 4) is 5.69 Å². The molecule has 1 aromatic carbocycles. The smallest absolute Gasteiger partial charge is 0.254 e. The molecule has 1 N–H and O–H groups in total. The predicted octanol–water partition coefficient (Wildman–Crippen LogP) is 3.23. The molecule has 1 aromatic heterocycles. The number of carbonyl (C=O) groups excluding carboxylic acids is 1. The lowest BCUT2D eigenvalue weighted by Gasteiger charge is -2.09. The molecule has 1 amide bonds. The number of aromatic nitrogens is 2. The molecular weight excluding hydrogens is 302 g/mol. The Balaban J connectivity index is 1.92. The van der Waals surface area contributed by atoms with Gasteiger partial charge in [0.2, 0.25) is 0 Å². The number of benzene rings is 1. The molecule has 0 bridgehead atoms. The van der Waals surface area contributed by atoms with E-state index in [2.05, 4.69) is 24.3 Å². The summed E-state index contributed by atoms with van der Waals surface area (Å²) in [6, 6.07) is 9.87. The lowest BCUT2D eigenvalue weighted by Crippen LogP contribution is -2.26. The van der Waals surface area contributed by atoms with Crippen molar-refractivity contribution in [1.82, 2.24) is 15.1 Å². The standard InChI is InChI=1S/C19H27N3O2/c1-4-18-17(13-21-22(18)16-9-6-5-7-10-16)19(23)20-11-8-12-24-14-15(2)3/h5-7,9-10,13,15H,4,8,11-12,14H2,1-3H3,(H,20,23). The monoisotopic (exact) mass is 329 g/mol. The molecule has 0 radical (unpaired) electrons. The largest absolute Gasteiger partial charge is 0.381 e. The lowest BCUT2D eigenvalue weighted by molar-refractivity contribution is 0.0924. The van der Waals surface area contributed by atoms with Gasteiger partial charge in [-0.2, -0.15) is 5.10 Å². The molecule has 5 heteroatoms. The van der Waals surface area contributed by atoms with E-state index < -0.39 is 0 Å². The van der Waals surface area contributed by atoms with Gasteiger partial charge in [0.05, 0.1) is 23.1 Å². The lowest BCUT2D eigenvalue weighted by atomic mass is 10.2. The van der Waals surface area contributed by atoms with E-state index in [-0.39, 0.29) is 5.91 Å². The van der Waals surface area contributed by atoms with Crippen molar-refractivity contribution in [3.63, 3.8) is 0 Å². The first-order chi connectivity index (χ1) is 11.6. The van der Waals surface area contributed by atoms with Crippen LogP contribution in [-0.2, 0) is 11.2 Å². The van der Waals surface area contributed by atoms with Crippen molar-refractivity contribution in [2.45, 2.75) is 33.6 Å². The van der Waals surface area contributed by atoms with Gasteiger partial charge in [-0.1, -0.05) is 39.0 Å². The van der Waals surface area contributed by atoms with Gasteiger partial charge in [-0.15, -0.1) is 0 Å². The molecule has 24 heavy (non-hydrogen) atoms. The van der Waals surface area contributed by atoms with Crippen molar-refractivity contribution in [3.05, 3.63) is 47.8 Å². The van der Waals surface area contributed by atoms with Crippen molar-refractivity contribution in [2.24, 2.45) is 5.92 Å². The summed E-state index contributed by atoms with van der Waals surface area (Å²) >= 11 is 0. The molecule has 2 aromatic rings. The Kier molecular flexibility index (Phi) is 7.00. The fraction of sp³-hybridized carbons (Fsp3) is 0.474. The molecule has 0 saturated heterocycles. The maximum absolute atomic E-state index is 12.4. The Morgan fingerprint density at radius 3 is 2.71 bits per heavy atom. The van der Waals surface area contributed by atoms with Gasteiger partial charge in [0, 0.05) is 19.8 Å². The van der Waals surface area contributed by atoms with Crippen LogP contribution in [0.4, 0.5) is 0 Å². The zero-order valence-corrected chi connectivity index (χ0v) is 14.8. The minimum absolute atomic E-state index is 0.0714. The van der Waals surface area contributed by atoms with E-state index in [0.29, 0.717) is 24.6 Å². The quantitative estimate of drug-likeness (QED) is 0.719. The summed E-state index contributed by atoms with van der Waals surface area (Å²) in [6.07, 6.45) is 3.21. The maximum Gasteiger partial charge on any atom is 0.254 e. The molecule has 0 atom stereocenters. The van der Waals surface area contributed by atoms with Gasteiger partial charge in [0.25, 0.3) is 5.91 Å². The van der Waals surface area contributed by atoms with Crippen molar-refractivity contribution in [2.75, 3.05) is 19.8 Å². The van der Waals surface area contributed by atoms with Crippen LogP contribution in [0, 0.1) is 5.92 Å². The Bertz CT molecular complexity index is 635. The highest BCUT2D eigenvalue weighted by Crippen LogP contribution is 2.15. The minimum Gasteiger partial charge on any atom is -0.381 e. The Morgan fingerprint density at radius 2 is 2.04 bits per heavy atom. The van der Waals surface area contributed by atoms with Crippen LogP contribution in [0.3, 0.4) is 0 Å². The van der Waals surface area contributed by atoms with Crippen molar-refractivity contribution < 1.29 is 9.53 Å². The van der Waals surface area contributed by atoms with E-state index in [1.54, 1.807) is 6.20 Å². The van der Waals surface area contributed by atoms with Crippen LogP contribution in [0.2, 0.25) is 0 Å². The summed E-state index contributed by atoms with van der Waals surface area (Å²) in [7, 11) is 0. The number of amides is 1. The van der Waals surface area contributed by atoms with Gasteiger partial charge in [-0.3, -0.25) is 4.79 Å². The van der Waals surface area contributed by atoms with Gasteiger partial charge >= 0.3 is 0 Å². The van der Waals surface area contributed by atoms with Gasteiger partial charge in [-0.05, 0) is 30.9 Å². The summed E-state index contributed by atoms with van der Waals surface area (Å²) in [6.45, 7) is 8.32. The number of hydrogen-bond donors (Lipinski definition) is 1. The second kappa shape index (κ2) is 9.23. The Hall–Kier alpha value is -2.14. The van der Waals surface area contributed by atoms with E-state index in [9.17, 15) is 4.79 Å². The second-order valence-corrected chi connectivity index (χ2v) is 6.18. The van der Waals surface area contributed by atoms with E-state index in [4.69, 9.17) is 4.74 Å². The molecule has 0 unspecified atom stereocenters. The third kappa shape index (κ3) is 4.93. The zero-order chi connectivity index (χ0) is 17.4. The van der Waals surface area contributed by atoms with Crippen LogP contribution < -0.4 is 5.32 Å². The highest BCUT2D eigenvalue weighted by atomic mass is 16.5. The molecule has 130 valence electrons. The van der Waals surface area contributed by atoms with Crippen LogP contribution in [0.25, 0.3) is 5.69 Å². The molecule has 0 aliphatic heterocycles. The topological polar surface area (TPSA) is 56.1 Å². The minimum atomic E-state index is -0.0714. The van der Waals surface area contributed by atoms with Gasteiger partial charge in [0.1, 0.15) is 0 Å². The van der Waals surface area contributed by atoms with E-state index in [1.165, 1.54) is 0 Å². The van der Waals surface area contributed by atoms with E-state index in [1.807, 2.05) is 41.9 Å². The van der Waals surface area contributed by atoms with E-state index in [0.717, 1.165) is 30.8 Å². The van der Waals surface area contributed by atoms with E-state index >= 15 is 0 Å². The number of ether oxygens (including phenoxy) is 1. The molecule has 1 heterocycles. The molecule has 0 fully saturated rings. The van der Waals surface area contributed by atoms with Crippen LogP contribution >= 0.6 is 0 Å². The fourth-order valence-electron chi connectivity index (χ4n) is 2.49. The highest BCUT2D eigenvalue weighted by molar-refractivity contribution is 5.95. The third-order valence-electron chi connectivity index (χ3n) is 3.65. The molecule has 0 spiro atoms. The number of nitrogens with one attached hydrogen (secondary N) is 1. The molecule has 2 rings (SSSR count). The average Bonchev–Trinajstić information content (AvgIpc) is 3.02. The van der Waals surface area contributed by atoms with Gasteiger partial charge in [-0.25, -0.2) is 4.68 Å². The zero-order valence-electron chi connectivity index (χ0n) is 14.8. The number of hydrogen-bond acceptors (Lipinski definition) is 3. The van der Waals surface area contributed by atoms with Crippen molar-refractivity contribution in [1.29, 1.82) is 0 Å². The third-order valence-corrected chi connectivity index (χ3v) is 3.65. The van der Waals surface area contributed by atoms with Crippen LogP contribution in [-0.4, -0.2) is 35.4 Å². The normalized spacial score (nSPS) is 11.0. The number of para-hydroxylation sites is 1. The van der Waals surface area contributed by atoms with Gasteiger partial charge in [0.15, 0.2) is 0 Å². The number of nitrogens with zero attached hydrogens (tertiary/aromatic N) is 2. The van der Waals surface area contributed by atoms with Crippen LogP contribution in [0.1, 0.15) is 43.2 Å². The average molecular weight is 329 g/mol. The second-order valence-electron chi connectivity index (χ2n) is 6.18. The number of rotatable bonds is 9. The summed E-state index contributed by atoms with van der Waals surface area (Å²) in [4.78, 5) is 12.4. The van der Waals surface area contributed by atoms with Crippen LogP contribution in [0.5, 0.6) is 0 Å². The fourth-order valence-corrected chi connectivity index (χ4v) is 2.49. The molecule has 0 aliphatic carbocycles. The first kappa shape index (κ1) is 18.2. The highest BCUT2D eigenvalue weighted by Gasteiger charge is 2.16. The molecule has 5 nitrogen and oxygen atoms in total. The van der Waals surface area contributed by atoms with Crippen molar-refractivity contribution >= 4 is 5.91 Å². The first-order valence-electron chi connectivity index (χ1n) is 8.61. The van der Waals surface area contributed by atoms with Crippen LogP contribution in [0.15, 0.2) is 36.5 Å². The summed E-state index contributed by atoms with van der Waals surface area (Å²) in [5.41, 5.74) is 2.54. The Morgan fingerprint density at radius 1 is 1.29 bits per heavy atom. The SMILES string of the molecule is CCc1c(C(=O)NCCCOCC(C)C)cnn1-c1ccccc1. The molecule has 0 aliphatic rings. The predicted molar refractivity (Wildman–Crippen MR) is 95.5 cm³/mol. The summed E-state index contributed by atoms with van der Waals surface area (Å²) in [5.74, 6) is 0.466. The first-order valence-corrected chi connectivity index (χ1v) is 8.61. The Labute approximate surface area is 144 Å². The maximum atomic E-state index is 12.4. The summed E-state index contributed by atoms with van der Waals surface area (Å²) in [5, 5.41) is 7.34. The summed E-state index contributed by atoms with van der Waals surface area (Å²) < 4.78 is 7.36. The molecule has 0 saturated carbocycles. The van der Waals surface area contributed by atoms with Gasteiger partial charge < -0.3 is 10.1 Å². The number of carbonyl (C=O) groups is 1. The molecular formula is C19H27N3O2.